The number of rotatable bonds is 3. The molecule has 0 saturated carbocycles. The van der Waals surface area contributed by atoms with Crippen LogP contribution >= 0.6 is 0 Å². The van der Waals surface area contributed by atoms with E-state index in [1.807, 2.05) is 0 Å². The Labute approximate surface area is 112 Å². The Morgan fingerprint density at radius 1 is 1.40 bits per heavy atom. The molecule has 0 radical (unpaired) electrons. The van der Waals surface area contributed by atoms with Gasteiger partial charge in [0.2, 0.25) is 0 Å². The summed E-state index contributed by atoms with van der Waals surface area (Å²) in [6.07, 6.45) is -3.03. The van der Waals surface area contributed by atoms with E-state index in [4.69, 9.17) is 4.42 Å². The van der Waals surface area contributed by atoms with Crippen molar-refractivity contribution in [1.82, 2.24) is 14.8 Å². The molecule has 0 aliphatic rings. The predicted octanol–water partition coefficient (Wildman–Crippen LogP) is 1.71. The highest BCUT2D eigenvalue weighted by atomic mass is 32.2. The number of hydrogen-bond acceptors (Lipinski definition) is 5. The van der Waals surface area contributed by atoms with E-state index in [9.17, 15) is 21.6 Å². The van der Waals surface area contributed by atoms with E-state index < -0.39 is 32.4 Å². The highest BCUT2D eigenvalue weighted by Gasteiger charge is 2.41. The Bertz CT molecular complexity index is 731. The van der Waals surface area contributed by atoms with Crippen LogP contribution in [0.4, 0.5) is 13.2 Å². The normalized spacial score (nSPS) is 12.8. The standard InChI is InChI=1S/C10H10F3N3O3S/c1-6-15-7(4-19-6)5-20(17,18)8-3-14-16(2)9(8)10(11,12)13/h3-4H,5H2,1-2H3. The van der Waals surface area contributed by atoms with Crippen molar-refractivity contribution >= 4 is 9.84 Å². The molecule has 0 spiro atoms. The van der Waals surface area contributed by atoms with Gasteiger partial charge in [-0.15, -0.1) is 0 Å². The van der Waals surface area contributed by atoms with E-state index in [2.05, 4.69) is 10.1 Å². The highest BCUT2D eigenvalue weighted by molar-refractivity contribution is 7.90. The maximum absolute atomic E-state index is 12.9. The van der Waals surface area contributed by atoms with Crippen LogP contribution in [0, 0.1) is 6.92 Å². The van der Waals surface area contributed by atoms with E-state index in [0.29, 0.717) is 10.9 Å². The van der Waals surface area contributed by atoms with Gasteiger partial charge < -0.3 is 4.42 Å². The second kappa shape index (κ2) is 4.62. The van der Waals surface area contributed by atoms with Gasteiger partial charge in [0.1, 0.15) is 16.9 Å². The van der Waals surface area contributed by atoms with Crippen molar-refractivity contribution in [2.24, 2.45) is 7.05 Å². The fourth-order valence-corrected chi connectivity index (χ4v) is 3.14. The lowest BCUT2D eigenvalue weighted by Crippen LogP contribution is -2.17. The molecule has 0 unspecified atom stereocenters. The first-order chi connectivity index (χ1) is 9.11. The first kappa shape index (κ1) is 14.6. The summed E-state index contributed by atoms with van der Waals surface area (Å²) in [5, 5.41) is 3.37. The molecular formula is C10H10F3N3O3S. The number of sulfone groups is 1. The highest BCUT2D eigenvalue weighted by Crippen LogP contribution is 2.34. The van der Waals surface area contributed by atoms with Gasteiger partial charge in [-0.25, -0.2) is 13.4 Å². The zero-order chi connectivity index (χ0) is 15.1. The number of hydrogen-bond donors (Lipinski definition) is 0. The van der Waals surface area contributed by atoms with Gasteiger partial charge in [0.05, 0.1) is 11.9 Å². The molecule has 0 aromatic carbocycles. The van der Waals surface area contributed by atoms with Crippen molar-refractivity contribution < 1.29 is 26.0 Å². The molecule has 0 amide bonds. The first-order valence-corrected chi connectivity index (χ1v) is 6.99. The van der Waals surface area contributed by atoms with Gasteiger partial charge in [0.15, 0.2) is 21.4 Å². The number of aromatic nitrogens is 3. The molecule has 2 heterocycles. The molecule has 0 fully saturated rings. The monoisotopic (exact) mass is 309 g/mol. The minimum Gasteiger partial charge on any atom is -0.449 e. The van der Waals surface area contributed by atoms with Gasteiger partial charge in [-0.2, -0.15) is 18.3 Å². The van der Waals surface area contributed by atoms with Crippen LogP contribution in [-0.4, -0.2) is 23.2 Å². The van der Waals surface area contributed by atoms with E-state index >= 15 is 0 Å². The van der Waals surface area contributed by atoms with Gasteiger partial charge in [-0.1, -0.05) is 0 Å². The van der Waals surface area contributed by atoms with Crippen molar-refractivity contribution in [1.29, 1.82) is 0 Å². The van der Waals surface area contributed by atoms with Crippen LogP contribution in [0.15, 0.2) is 21.8 Å². The Hall–Kier alpha value is -1.84. The van der Waals surface area contributed by atoms with Gasteiger partial charge in [-0.05, 0) is 0 Å². The zero-order valence-corrected chi connectivity index (χ0v) is 11.3. The molecule has 2 aromatic rings. The largest absolute Gasteiger partial charge is 0.449 e. The van der Waals surface area contributed by atoms with E-state index in [0.717, 1.165) is 13.3 Å². The summed E-state index contributed by atoms with van der Waals surface area (Å²) < 4.78 is 68.0. The third kappa shape index (κ3) is 2.69. The Morgan fingerprint density at radius 2 is 2.05 bits per heavy atom. The second-order valence-electron chi connectivity index (χ2n) is 4.10. The molecule has 2 aromatic heterocycles. The van der Waals surface area contributed by atoms with Crippen molar-refractivity contribution in [2.75, 3.05) is 0 Å². The molecule has 0 N–H and O–H groups in total. The molecule has 110 valence electrons. The number of aryl methyl sites for hydroxylation is 2. The van der Waals surface area contributed by atoms with Crippen LogP contribution < -0.4 is 0 Å². The third-order valence-corrected chi connectivity index (χ3v) is 4.16. The Balaban J connectivity index is 2.45. The van der Waals surface area contributed by atoms with Crippen molar-refractivity contribution in [3.63, 3.8) is 0 Å². The average molecular weight is 309 g/mol. The Kier molecular flexibility index (Phi) is 3.36. The predicted molar refractivity (Wildman–Crippen MR) is 60.3 cm³/mol. The van der Waals surface area contributed by atoms with E-state index in [1.165, 1.54) is 6.92 Å². The molecule has 20 heavy (non-hydrogen) atoms. The summed E-state index contributed by atoms with van der Waals surface area (Å²) in [5.41, 5.74) is -1.27. The lowest BCUT2D eigenvalue weighted by molar-refractivity contribution is -0.146. The van der Waals surface area contributed by atoms with Gasteiger partial charge >= 0.3 is 6.18 Å². The summed E-state index contributed by atoms with van der Waals surface area (Å²) in [6, 6.07) is 0. The van der Waals surface area contributed by atoms with Crippen LogP contribution in [0.1, 0.15) is 17.3 Å². The molecule has 0 saturated heterocycles. The third-order valence-electron chi connectivity index (χ3n) is 2.51. The summed E-state index contributed by atoms with van der Waals surface area (Å²) in [7, 11) is -3.19. The van der Waals surface area contributed by atoms with Crippen LogP contribution in [0.2, 0.25) is 0 Å². The van der Waals surface area contributed by atoms with E-state index in [-0.39, 0.29) is 11.6 Å². The Morgan fingerprint density at radius 3 is 2.55 bits per heavy atom. The molecule has 6 nitrogen and oxygen atoms in total. The topological polar surface area (TPSA) is 78.0 Å². The number of nitrogens with zero attached hydrogens (tertiary/aromatic N) is 3. The quantitative estimate of drug-likeness (QED) is 0.862. The molecule has 0 atom stereocenters. The SMILES string of the molecule is Cc1nc(CS(=O)(=O)c2cnn(C)c2C(F)(F)F)co1. The maximum atomic E-state index is 12.9. The van der Waals surface area contributed by atoms with Crippen molar-refractivity contribution in [3.05, 3.63) is 29.7 Å². The lowest BCUT2D eigenvalue weighted by Gasteiger charge is -2.09. The van der Waals surface area contributed by atoms with Crippen LogP contribution in [0.3, 0.4) is 0 Å². The van der Waals surface area contributed by atoms with Gasteiger partial charge in [-0.3, -0.25) is 4.68 Å². The molecule has 2 rings (SSSR count). The fraction of sp³-hybridized carbons (Fsp3) is 0.400. The maximum Gasteiger partial charge on any atom is 0.434 e. The first-order valence-electron chi connectivity index (χ1n) is 5.34. The summed E-state index contributed by atoms with van der Waals surface area (Å²) in [5.74, 6) is -0.448. The fourth-order valence-electron chi connectivity index (χ4n) is 1.72. The molecular weight excluding hydrogens is 299 g/mol. The number of oxazole rings is 1. The van der Waals surface area contributed by atoms with Crippen LogP contribution in [0.5, 0.6) is 0 Å². The molecule has 10 heteroatoms. The lowest BCUT2D eigenvalue weighted by atomic mass is 10.4. The molecule has 0 aliphatic carbocycles. The van der Waals surface area contributed by atoms with Gasteiger partial charge in [0, 0.05) is 14.0 Å². The molecule has 0 bridgehead atoms. The summed E-state index contributed by atoms with van der Waals surface area (Å²) >= 11 is 0. The summed E-state index contributed by atoms with van der Waals surface area (Å²) in [4.78, 5) is 2.90. The molecule has 0 aliphatic heterocycles. The number of alkyl halides is 3. The second-order valence-corrected chi connectivity index (χ2v) is 6.05. The van der Waals surface area contributed by atoms with E-state index in [1.54, 1.807) is 0 Å². The summed E-state index contributed by atoms with van der Waals surface area (Å²) in [6.45, 7) is 1.50. The minimum absolute atomic E-state index is 0.0412. The van der Waals surface area contributed by atoms with Crippen molar-refractivity contribution in [2.45, 2.75) is 23.7 Å². The van der Waals surface area contributed by atoms with Crippen LogP contribution in [0.25, 0.3) is 0 Å². The van der Waals surface area contributed by atoms with Crippen molar-refractivity contribution in [3.8, 4) is 0 Å². The van der Waals surface area contributed by atoms with Crippen LogP contribution in [-0.2, 0) is 28.8 Å². The zero-order valence-electron chi connectivity index (χ0n) is 10.5. The average Bonchev–Trinajstić information content (AvgIpc) is 2.83. The minimum atomic E-state index is -4.81. The smallest absolute Gasteiger partial charge is 0.434 e. The van der Waals surface area contributed by atoms with Gasteiger partial charge in [0.25, 0.3) is 0 Å². The number of halogens is 3.